The van der Waals surface area contributed by atoms with Gasteiger partial charge in [0, 0.05) is 24.8 Å². The van der Waals surface area contributed by atoms with Crippen LogP contribution in [-0.4, -0.2) is 16.3 Å². The van der Waals surface area contributed by atoms with E-state index < -0.39 is 11.9 Å². The van der Waals surface area contributed by atoms with Crippen molar-refractivity contribution < 1.29 is 13.2 Å². The molecule has 2 heterocycles. The molecule has 0 aromatic carbocycles. The number of aromatic nitrogens is 2. The fraction of sp³-hybridized carbons (Fsp3) is 0.667. The summed E-state index contributed by atoms with van der Waals surface area (Å²) in [4.78, 5) is 0. The highest BCUT2D eigenvalue weighted by Gasteiger charge is 2.39. The van der Waals surface area contributed by atoms with Crippen molar-refractivity contribution in [3.63, 3.8) is 0 Å². The van der Waals surface area contributed by atoms with Crippen LogP contribution in [-0.2, 0) is 13.2 Å². The molecular formula is C9H13ClF3N3. The predicted molar refractivity (Wildman–Crippen MR) is 55.4 cm³/mol. The minimum absolute atomic E-state index is 0. The van der Waals surface area contributed by atoms with Gasteiger partial charge >= 0.3 is 6.18 Å². The van der Waals surface area contributed by atoms with E-state index in [4.69, 9.17) is 0 Å². The van der Waals surface area contributed by atoms with Gasteiger partial charge in [0.15, 0.2) is 5.69 Å². The maximum Gasteiger partial charge on any atom is 0.435 e. The highest BCUT2D eigenvalue weighted by Crippen LogP contribution is 2.35. The number of alkyl halides is 3. The van der Waals surface area contributed by atoms with E-state index in [-0.39, 0.29) is 24.0 Å². The molecular weight excluding hydrogens is 243 g/mol. The lowest BCUT2D eigenvalue weighted by atomic mass is 10.1. The van der Waals surface area contributed by atoms with Crippen LogP contribution in [0.2, 0.25) is 0 Å². The van der Waals surface area contributed by atoms with Crippen molar-refractivity contribution in [3.8, 4) is 0 Å². The van der Waals surface area contributed by atoms with Gasteiger partial charge in [0.1, 0.15) is 0 Å². The molecule has 16 heavy (non-hydrogen) atoms. The minimum Gasteiger partial charge on any atom is -0.310 e. The summed E-state index contributed by atoms with van der Waals surface area (Å²) in [6.07, 6.45) is -1.25. The lowest BCUT2D eigenvalue weighted by Gasteiger charge is -2.11. The largest absolute Gasteiger partial charge is 0.435 e. The Balaban J connectivity index is 0.00000128. The van der Waals surface area contributed by atoms with Crippen LogP contribution in [0.5, 0.6) is 0 Å². The van der Waals surface area contributed by atoms with Gasteiger partial charge in [0.25, 0.3) is 0 Å². The molecule has 3 nitrogen and oxygen atoms in total. The van der Waals surface area contributed by atoms with E-state index in [0.717, 1.165) is 19.4 Å². The van der Waals surface area contributed by atoms with E-state index in [1.54, 1.807) is 0 Å². The van der Waals surface area contributed by atoms with Gasteiger partial charge in [-0.15, -0.1) is 12.4 Å². The standard InChI is InChI=1S/C9H12F3N3.ClH/c1-15-5-6(7-3-2-4-13-7)8(14-15)9(10,11)12;/h5,7,13H,2-4H2,1H3;1H. The summed E-state index contributed by atoms with van der Waals surface area (Å²) in [5.41, 5.74) is -0.494. The van der Waals surface area contributed by atoms with Crippen molar-refractivity contribution in [3.05, 3.63) is 17.5 Å². The molecule has 92 valence electrons. The third-order valence-corrected chi connectivity index (χ3v) is 2.56. The fourth-order valence-electron chi connectivity index (χ4n) is 1.93. The van der Waals surface area contributed by atoms with Gasteiger partial charge in [0.05, 0.1) is 0 Å². The van der Waals surface area contributed by atoms with Crippen molar-refractivity contribution in [1.82, 2.24) is 15.1 Å². The topological polar surface area (TPSA) is 29.9 Å². The Hall–Kier alpha value is -0.750. The second-order valence-electron chi connectivity index (χ2n) is 3.75. The summed E-state index contributed by atoms with van der Waals surface area (Å²) >= 11 is 0. The Labute approximate surface area is 97.4 Å². The maximum atomic E-state index is 12.6. The molecule has 0 bridgehead atoms. The molecule has 1 aliphatic heterocycles. The number of nitrogens with zero attached hydrogens (tertiary/aromatic N) is 2. The van der Waals surface area contributed by atoms with Crippen LogP contribution in [0.25, 0.3) is 0 Å². The van der Waals surface area contributed by atoms with Crippen LogP contribution in [0.4, 0.5) is 13.2 Å². The lowest BCUT2D eigenvalue weighted by Crippen LogP contribution is -2.17. The maximum absolute atomic E-state index is 12.6. The third kappa shape index (κ3) is 2.49. The molecule has 0 radical (unpaired) electrons. The lowest BCUT2D eigenvalue weighted by molar-refractivity contribution is -0.142. The molecule has 1 N–H and O–H groups in total. The third-order valence-electron chi connectivity index (χ3n) is 2.56. The Morgan fingerprint density at radius 1 is 1.50 bits per heavy atom. The van der Waals surface area contributed by atoms with E-state index >= 15 is 0 Å². The van der Waals surface area contributed by atoms with Crippen LogP contribution in [0.1, 0.15) is 30.1 Å². The molecule has 1 saturated heterocycles. The zero-order valence-electron chi connectivity index (χ0n) is 8.71. The first-order valence-electron chi connectivity index (χ1n) is 4.82. The van der Waals surface area contributed by atoms with Gasteiger partial charge < -0.3 is 5.32 Å². The van der Waals surface area contributed by atoms with Gasteiger partial charge in [-0.3, -0.25) is 4.68 Å². The first kappa shape index (κ1) is 13.3. The van der Waals surface area contributed by atoms with Crippen molar-refractivity contribution in [2.75, 3.05) is 6.54 Å². The van der Waals surface area contributed by atoms with Crippen LogP contribution in [0.15, 0.2) is 6.20 Å². The molecule has 0 spiro atoms. The molecule has 1 aromatic rings. The zero-order valence-corrected chi connectivity index (χ0v) is 9.53. The molecule has 2 rings (SSSR count). The Kier molecular flexibility index (Phi) is 3.85. The van der Waals surface area contributed by atoms with Crippen LogP contribution in [0.3, 0.4) is 0 Å². The molecule has 0 saturated carbocycles. The van der Waals surface area contributed by atoms with Crippen molar-refractivity contribution in [2.24, 2.45) is 7.05 Å². The monoisotopic (exact) mass is 255 g/mol. The number of nitrogens with one attached hydrogen (secondary N) is 1. The van der Waals surface area contributed by atoms with Gasteiger partial charge in [-0.1, -0.05) is 0 Å². The highest BCUT2D eigenvalue weighted by molar-refractivity contribution is 5.85. The fourth-order valence-corrected chi connectivity index (χ4v) is 1.93. The first-order valence-corrected chi connectivity index (χ1v) is 4.82. The van der Waals surface area contributed by atoms with Crippen LogP contribution < -0.4 is 5.32 Å². The van der Waals surface area contributed by atoms with Crippen molar-refractivity contribution in [1.29, 1.82) is 0 Å². The average Bonchev–Trinajstić information content (AvgIpc) is 2.68. The second kappa shape index (κ2) is 4.63. The molecule has 1 atom stereocenters. The Morgan fingerprint density at radius 2 is 2.19 bits per heavy atom. The molecule has 0 amide bonds. The number of halogens is 4. The smallest absolute Gasteiger partial charge is 0.310 e. The van der Waals surface area contributed by atoms with Gasteiger partial charge in [-0.25, -0.2) is 0 Å². The molecule has 1 fully saturated rings. The summed E-state index contributed by atoms with van der Waals surface area (Å²) in [5.74, 6) is 0. The van der Waals surface area contributed by atoms with E-state index in [9.17, 15) is 13.2 Å². The molecule has 1 aromatic heterocycles. The SMILES string of the molecule is Cl.Cn1cc(C2CCCN2)c(C(F)(F)F)n1. The van der Waals surface area contributed by atoms with E-state index in [2.05, 4.69) is 10.4 Å². The summed E-state index contributed by atoms with van der Waals surface area (Å²) in [6, 6.07) is -0.199. The second-order valence-corrected chi connectivity index (χ2v) is 3.75. The van der Waals surface area contributed by atoms with E-state index in [0.29, 0.717) is 0 Å². The summed E-state index contributed by atoms with van der Waals surface area (Å²) in [6.45, 7) is 0.775. The quantitative estimate of drug-likeness (QED) is 0.834. The molecule has 1 aliphatic rings. The van der Waals surface area contributed by atoms with Crippen LogP contribution >= 0.6 is 12.4 Å². The number of aryl methyl sites for hydroxylation is 1. The highest BCUT2D eigenvalue weighted by atomic mass is 35.5. The number of hydrogen-bond donors (Lipinski definition) is 1. The number of hydrogen-bond acceptors (Lipinski definition) is 2. The average molecular weight is 256 g/mol. The summed E-state index contributed by atoms with van der Waals surface area (Å²) < 4.78 is 39.1. The van der Waals surface area contributed by atoms with E-state index in [1.807, 2.05) is 0 Å². The molecule has 0 aliphatic carbocycles. The minimum atomic E-state index is -4.36. The molecule has 7 heteroatoms. The predicted octanol–water partition coefficient (Wildman–Crippen LogP) is 2.29. The first-order chi connectivity index (χ1) is 6.98. The van der Waals surface area contributed by atoms with Gasteiger partial charge in [-0.2, -0.15) is 18.3 Å². The van der Waals surface area contributed by atoms with Crippen LogP contribution in [0, 0.1) is 0 Å². The van der Waals surface area contributed by atoms with Crippen molar-refractivity contribution in [2.45, 2.75) is 25.1 Å². The summed E-state index contributed by atoms with van der Waals surface area (Å²) in [5, 5.41) is 6.52. The summed E-state index contributed by atoms with van der Waals surface area (Å²) in [7, 11) is 1.51. The Bertz CT molecular complexity index is 355. The number of rotatable bonds is 1. The zero-order chi connectivity index (χ0) is 11.1. The van der Waals surface area contributed by atoms with Crippen molar-refractivity contribution >= 4 is 12.4 Å². The normalized spacial score (nSPS) is 20.9. The van der Waals surface area contributed by atoms with Gasteiger partial charge in [-0.05, 0) is 19.4 Å². The Morgan fingerprint density at radius 3 is 2.69 bits per heavy atom. The van der Waals surface area contributed by atoms with E-state index in [1.165, 1.54) is 17.9 Å². The molecule has 1 unspecified atom stereocenters. The van der Waals surface area contributed by atoms with Gasteiger partial charge in [0.2, 0.25) is 0 Å².